The number of terminal acetylenes is 1. The van der Waals surface area contributed by atoms with Crippen LogP contribution in [0.5, 0.6) is 0 Å². The van der Waals surface area contributed by atoms with Crippen molar-refractivity contribution in [2.24, 2.45) is 0 Å². The minimum atomic E-state index is -3.33. The Labute approximate surface area is 65.1 Å². The van der Waals surface area contributed by atoms with Crippen LogP contribution in [0, 0.1) is 12.3 Å². The first-order valence-corrected chi connectivity index (χ1v) is 4.15. The largest absolute Gasteiger partial charge is 0.483 e. The van der Waals surface area contributed by atoms with Crippen LogP contribution in [-0.4, -0.2) is 32.9 Å². The Morgan fingerprint density at radius 3 is 2.18 bits per heavy atom. The van der Waals surface area contributed by atoms with Crippen molar-refractivity contribution in [1.82, 2.24) is 0 Å². The monoisotopic (exact) mass is 180 g/mol. The summed E-state index contributed by atoms with van der Waals surface area (Å²) in [6, 6.07) is 0. The molecular formula is C5H8O5S. The summed E-state index contributed by atoms with van der Waals surface area (Å²) in [5.41, 5.74) is 0. The summed E-state index contributed by atoms with van der Waals surface area (Å²) < 4.78 is 24.3. The van der Waals surface area contributed by atoms with E-state index in [9.17, 15) is 8.42 Å². The van der Waals surface area contributed by atoms with Gasteiger partial charge >= 0.3 is 0 Å². The fraction of sp³-hybridized carbons (Fsp3) is 0.400. The van der Waals surface area contributed by atoms with Crippen LogP contribution in [0.2, 0.25) is 0 Å². The summed E-state index contributed by atoms with van der Waals surface area (Å²) >= 11 is 0. The highest BCUT2D eigenvalue weighted by Crippen LogP contribution is 1.82. The van der Waals surface area contributed by atoms with Crippen molar-refractivity contribution >= 4 is 16.6 Å². The van der Waals surface area contributed by atoms with Gasteiger partial charge in [0.2, 0.25) is 0 Å². The van der Waals surface area contributed by atoms with Gasteiger partial charge in [-0.1, -0.05) is 5.92 Å². The SMILES string of the molecule is C#CCOS(C)(=O)=O.O=CO. The number of carbonyl (C=O) groups is 1. The third kappa shape index (κ3) is 27.7. The highest BCUT2D eigenvalue weighted by Gasteiger charge is 1.96. The fourth-order valence-electron chi connectivity index (χ4n) is 0.141. The van der Waals surface area contributed by atoms with Gasteiger partial charge in [0.05, 0.1) is 6.26 Å². The van der Waals surface area contributed by atoms with Crippen molar-refractivity contribution in [1.29, 1.82) is 0 Å². The molecular weight excluding hydrogens is 172 g/mol. The molecule has 0 bridgehead atoms. The van der Waals surface area contributed by atoms with Gasteiger partial charge < -0.3 is 5.11 Å². The van der Waals surface area contributed by atoms with Gasteiger partial charge in [-0.3, -0.25) is 8.98 Å². The zero-order valence-electron chi connectivity index (χ0n) is 5.85. The zero-order valence-corrected chi connectivity index (χ0v) is 6.67. The molecule has 0 fully saturated rings. The van der Waals surface area contributed by atoms with Gasteiger partial charge in [-0.25, -0.2) is 0 Å². The summed E-state index contributed by atoms with van der Waals surface area (Å²) in [4.78, 5) is 8.36. The minimum Gasteiger partial charge on any atom is -0.483 e. The summed E-state index contributed by atoms with van der Waals surface area (Å²) in [6.45, 7) is -0.432. The van der Waals surface area contributed by atoms with Gasteiger partial charge in [0.15, 0.2) is 0 Å². The van der Waals surface area contributed by atoms with E-state index in [4.69, 9.17) is 16.3 Å². The molecule has 0 saturated heterocycles. The number of rotatable bonds is 2. The van der Waals surface area contributed by atoms with Gasteiger partial charge in [0.25, 0.3) is 16.6 Å². The van der Waals surface area contributed by atoms with Gasteiger partial charge in [-0.05, 0) is 0 Å². The van der Waals surface area contributed by atoms with E-state index < -0.39 is 10.1 Å². The van der Waals surface area contributed by atoms with E-state index >= 15 is 0 Å². The van der Waals surface area contributed by atoms with Crippen molar-refractivity contribution < 1.29 is 22.5 Å². The molecule has 0 amide bonds. The van der Waals surface area contributed by atoms with E-state index in [1.165, 1.54) is 0 Å². The Morgan fingerprint density at radius 2 is 2.09 bits per heavy atom. The topological polar surface area (TPSA) is 80.7 Å². The fourth-order valence-corrected chi connectivity index (χ4v) is 0.423. The van der Waals surface area contributed by atoms with E-state index in [1.54, 1.807) is 0 Å². The van der Waals surface area contributed by atoms with Crippen molar-refractivity contribution in [2.75, 3.05) is 12.9 Å². The van der Waals surface area contributed by atoms with Gasteiger partial charge in [0.1, 0.15) is 6.61 Å². The summed E-state index contributed by atoms with van der Waals surface area (Å²) in [6.07, 6.45) is 5.64. The molecule has 0 radical (unpaired) electrons. The van der Waals surface area contributed by atoms with Crippen molar-refractivity contribution in [3.63, 3.8) is 0 Å². The Bertz CT molecular complexity index is 222. The summed E-state index contributed by atoms with van der Waals surface area (Å²) in [7, 11) is -3.33. The number of hydrogen-bond acceptors (Lipinski definition) is 4. The van der Waals surface area contributed by atoms with Gasteiger partial charge in [0, 0.05) is 0 Å². The molecule has 0 aromatic heterocycles. The van der Waals surface area contributed by atoms with Crippen LogP contribution in [0.15, 0.2) is 0 Å². The molecule has 0 aliphatic rings. The second-order valence-electron chi connectivity index (χ2n) is 1.28. The molecule has 0 aromatic carbocycles. The lowest BCUT2D eigenvalue weighted by Gasteiger charge is -1.90. The normalized spacial score (nSPS) is 8.73. The van der Waals surface area contributed by atoms with E-state index in [-0.39, 0.29) is 13.1 Å². The zero-order chi connectivity index (χ0) is 9.33. The van der Waals surface area contributed by atoms with E-state index in [0.717, 1.165) is 6.26 Å². The van der Waals surface area contributed by atoms with Crippen molar-refractivity contribution in [3.8, 4) is 12.3 Å². The quantitative estimate of drug-likeness (QED) is 0.345. The molecule has 0 aliphatic carbocycles. The first kappa shape index (κ1) is 12.6. The molecule has 1 N–H and O–H groups in total. The lowest BCUT2D eigenvalue weighted by Crippen LogP contribution is -2.01. The second kappa shape index (κ2) is 7.05. The molecule has 0 heterocycles. The van der Waals surface area contributed by atoms with Crippen molar-refractivity contribution in [3.05, 3.63) is 0 Å². The Kier molecular flexibility index (Phi) is 8.08. The molecule has 64 valence electrons. The first-order valence-electron chi connectivity index (χ1n) is 2.33. The Morgan fingerprint density at radius 1 is 1.73 bits per heavy atom. The summed E-state index contributed by atoms with van der Waals surface area (Å²) in [5.74, 6) is 2.02. The standard InChI is InChI=1S/C4H6O3S.CH2O2/c1-3-4-7-8(2,5)6;2-1-3/h1H,4H2,2H3;1H,(H,2,3). The molecule has 0 rings (SSSR count). The molecule has 0 unspecified atom stereocenters. The average molecular weight is 180 g/mol. The van der Waals surface area contributed by atoms with Crippen LogP contribution in [0.4, 0.5) is 0 Å². The van der Waals surface area contributed by atoms with Crippen LogP contribution >= 0.6 is 0 Å². The van der Waals surface area contributed by atoms with Gasteiger partial charge in [-0.15, -0.1) is 6.42 Å². The smallest absolute Gasteiger partial charge is 0.290 e. The highest BCUT2D eigenvalue weighted by molar-refractivity contribution is 7.85. The third-order valence-corrected chi connectivity index (χ3v) is 0.902. The third-order valence-electron chi connectivity index (χ3n) is 0.356. The first-order chi connectivity index (χ1) is 4.97. The van der Waals surface area contributed by atoms with Gasteiger partial charge in [-0.2, -0.15) is 8.42 Å². The molecule has 0 saturated carbocycles. The van der Waals surface area contributed by atoms with Crippen LogP contribution in [0.1, 0.15) is 0 Å². The van der Waals surface area contributed by atoms with Crippen molar-refractivity contribution in [2.45, 2.75) is 0 Å². The maximum atomic E-state index is 10.1. The summed E-state index contributed by atoms with van der Waals surface area (Å²) in [5, 5.41) is 6.89. The molecule has 0 atom stereocenters. The predicted molar refractivity (Wildman–Crippen MR) is 38.3 cm³/mol. The molecule has 0 spiro atoms. The van der Waals surface area contributed by atoms with E-state index in [0.29, 0.717) is 0 Å². The van der Waals surface area contributed by atoms with Crippen LogP contribution in [0.3, 0.4) is 0 Å². The predicted octanol–water partition coefficient (Wildman–Crippen LogP) is -0.703. The van der Waals surface area contributed by atoms with Crippen LogP contribution in [-0.2, 0) is 19.1 Å². The average Bonchev–Trinajstić information content (AvgIpc) is 1.84. The highest BCUT2D eigenvalue weighted by atomic mass is 32.2. The molecule has 0 aromatic rings. The molecule has 11 heavy (non-hydrogen) atoms. The Hall–Kier alpha value is -1.06. The molecule has 5 nitrogen and oxygen atoms in total. The van der Waals surface area contributed by atoms with E-state index in [1.807, 2.05) is 5.92 Å². The molecule has 0 aliphatic heterocycles. The number of hydrogen-bond donors (Lipinski definition) is 1. The van der Waals surface area contributed by atoms with Crippen LogP contribution in [0.25, 0.3) is 0 Å². The minimum absolute atomic E-state index is 0.182. The second-order valence-corrected chi connectivity index (χ2v) is 2.92. The maximum Gasteiger partial charge on any atom is 0.290 e. The molecule has 6 heteroatoms. The van der Waals surface area contributed by atoms with E-state index in [2.05, 4.69) is 4.18 Å². The maximum absolute atomic E-state index is 10.1. The van der Waals surface area contributed by atoms with Crippen LogP contribution < -0.4 is 0 Å². The number of carboxylic acid groups (broad SMARTS) is 1. The lowest BCUT2D eigenvalue weighted by molar-refractivity contribution is -0.122. The lowest BCUT2D eigenvalue weighted by atomic mass is 10.8. The Balaban J connectivity index is 0.